The van der Waals surface area contributed by atoms with Crippen LogP contribution < -0.4 is 21.3 Å². The molecular formula is C27H29BrN6O3. The summed E-state index contributed by atoms with van der Waals surface area (Å²) in [5, 5.41) is 11.0. The van der Waals surface area contributed by atoms with Gasteiger partial charge in [-0.25, -0.2) is 4.68 Å². The molecule has 0 saturated heterocycles. The molecule has 0 aliphatic carbocycles. The van der Waals surface area contributed by atoms with Gasteiger partial charge >= 0.3 is 0 Å². The number of aryl methyl sites for hydroxylation is 1. The minimum absolute atomic E-state index is 0.204. The van der Waals surface area contributed by atoms with E-state index in [9.17, 15) is 9.59 Å². The quantitative estimate of drug-likeness (QED) is 0.337. The van der Waals surface area contributed by atoms with Crippen molar-refractivity contribution in [3.05, 3.63) is 97.6 Å². The summed E-state index contributed by atoms with van der Waals surface area (Å²) in [5.74, 6) is 0.308. The van der Waals surface area contributed by atoms with E-state index < -0.39 is 11.9 Å². The first-order valence-corrected chi connectivity index (χ1v) is 12.5. The van der Waals surface area contributed by atoms with Crippen LogP contribution in [-0.2, 0) is 17.8 Å². The van der Waals surface area contributed by atoms with Crippen molar-refractivity contribution in [3.8, 4) is 11.4 Å². The number of ether oxygens (including phenoxy) is 1. The van der Waals surface area contributed by atoms with Gasteiger partial charge in [0, 0.05) is 10.7 Å². The van der Waals surface area contributed by atoms with Gasteiger partial charge in [-0.2, -0.15) is 0 Å². The van der Waals surface area contributed by atoms with E-state index in [1.165, 1.54) is 0 Å². The van der Waals surface area contributed by atoms with Crippen LogP contribution in [0.3, 0.4) is 0 Å². The molecule has 4 aromatic rings. The van der Waals surface area contributed by atoms with Gasteiger partial charge < -0.3 is 20.4 Å². The first kappa shape index (κ1) is 26.3. The Kier molecular flexibility index (Phi) is 7.89. The van der Waals surface area contributed by atoms with E-state index in [-0.39, 0.29) is 11.2 Å². The van der Waals surface area contributed by atoms with E-state index in [4.69, 9.17) is 10.5 Å². The number of nitrogens with one attached hydrogen (secondary N) is 1. The van der Waals surface area contributed by atoms with Crippen LogP contribution in [0.4, 0.5) is 5.69 Å². The van der Waals surface area contributed by atoms with Crippen molar-refractivity contribution >= 4 is 27.5 Å². The maximum atomic E-state index is 13.2. The number of amides is 1. The van der Waals surface area contributed by atoms with Crippen LogP contribution in [0.15, 0.2) is 64.0 Å². The van der Waals surface area contributed by atoms with E-state index in [0.717, 1.165) is 34.0 Å². The monoisotopic (exact) mass is 564 g/mol. The molecule has 10 heteroatoms. The van der Waals surface area contributed by atoms with Crippen LogP contribution in [0.2, 0.25) is 0 Å². The molecule has 0 bridgehead atoms. The van der Waals surface area contributed by atoms with Crippen LogP contribution in [0.5, 0.6) is 5.75 Å². The van der Waals surface area contributed by atoms with Crippen molar-refractivity contribution in [2.24, 2.45) is 5.73 Å². The lowest BCUT2D eigenvalue weighted by Gasteiger charge is -2.17. The number of hydrogen-bond acceptors (Lipinski definition) is 6. The highest BCUT2D eigenvalue weighted by atomic mass is 79.9. The molecule has 192 valence electrons. The topological polar surface area (TPSA) is 117 Å². The molecule has 2 aromatic carbocycles. The van der Waals surface area contributed by atoms with Crippen LogP contribution in [-0.4, -0.2) is 38.6 Å². The average molecular weight is 565 g/mol. The molecule has 0 aliphatic rings. The Balaban J connectivity index is 1.48. The Morgan fingerprint density at radius 1 is 1.08 bits per heavy atom. The largest absolute Gasteiger partial charge is 0.497 e. The normalized spacial score (nSPS) is 11.8. The smallest absolute Gasteiger partial charge is 0.274 e. The highest BCUT2D eigenvalue weighted by Gasteiger charge is 2.19. The van der Waals surface area contributed by atoms with Crippen LogP contribution in [0, 0.1) is 20.8 Å². The molecule has 2 aromatic heterocycles. The van der Waals surface area contributed by atoms with E-state index >= 15 is 0 Å². The summed E-state index contributed by atoms with van der Waals surface area (Å²) in [6, 6.07) is 14.3. The number of methoxy groups -OCH3 is 1. The zero-order valence-electron chi connectivity index (χ0n) is 21.2. The van der Waals surface area contributed by atoms with Gasteiger partial charge in [0.15, 0.2) is 0 Å². The minimum atomic E-state index is -0.839. The van der Waals surface area contributed by atoms with Crippen molar-refractivity contribution in [1.29, 1.82) is 0 Å². The Bertz CT molecular complexity index is 1480. The molecule has 0 aliphatic heterocycles. The number of carbonyl (C=O) groups is 1. The zero-order valence-corrected chi connectivity index (χ0v) is 22.7. The molecule has 3 N–H and O–H groups in total. The van der Waals surface area contributed by atoms with Crippen molar-refractivity contribution in [2.45, 2.75) is 39.8 Å². The molecule has 9 nitrogen and oxygen atoms in total. The fraction of sp³-hybridized carbons (Fsp3) is 0.259. The molecule has 37 heavy (non-hydrogen) atoms. The van der Waals surface area contributed by atoms with Gasteiger partial charge in [0.05, 0.1) is 36.8 Å². The molecule has 0 radical (unpaired) electrons. The number of anilines is 1. The number of nitrogens with zero attached hydrogens (tertiary/aromatic N) is 4. The first-order valence-electron chi connectivity index (χ1n) is 11.7. The molecule has 2 heterocycles. The van der Waals surface area contributed by atoms with Crippen LogP contribution >= 0.6 is 15.9 Å². The lowest BCUT2D eigenvalue weighted by Crippen LogP contribution is -2.39. The molecular weight excluding hydrogens is 536 g/mol. The van der Waals surface area contributed by atoms with Crippen LogP contribution in [0.1, 0.15) is 28.1 Å². The number of halogens is 1. The van der Waals surface area contributed by atoms with E-state index in [0.29, 0.717) is 23.0 Å². The molecule has 1 unspecified atom stereocenters. The highest BCUT2D eigenvalue weighted by molar-refractivity contribution is 9.10. The zero-order chi connectivity index (χ0) is 26.7. The van der Waals surface area contributed by atoms with Gasteiger partial charge in [-0.3, -0.25) is 9.59 Å². The number of rotatable bonds is 8. The predicted octanol–water partition coefficient (Wildman–Crippen LogP) is 3.68. The van der Waals surface area contributed by atoms with Gasteiger partial charge in [-0.15, -0.1) is 5.10 Å². The fourth-order valence-corrected chi connectivity index (χ4v) is 4.34. The minimum Gasteiger partial charge on any atom is -0.497 e. The number of hydrogen-bond donors (Lipinski definition) is 2. The van der Waals surface area contributed by atoms with Gasteiger partial charge in [0.2, 0.25) is 5.91 Å². The van der Waals surface area contributed by atoms with Crippen LogP contribution in [0.25, 0.3) is 5.69 Å². The Labute approximate surface area is 223 Å². The summed E-state index contributed by atoms with van der Waals surface area (Å²) in [7, 11) is 1.60. The summed E-state index contributed by atoms with van der Waals surface area (Å²) in [5.41, 5.74) is 11.3. The second-order valence-corrected chi connectivity index (χ2v) is 9.75. The molecule has 4 rings (SSSR count). The second kappa shape index (κ2) is 11.1. The lowest BCUT2D eigenvalue weighted by molar-refractivity contribution is -0.117. The SMILES string of the molecule is COc1ccc(Cn2cc(Br)c(C)c(NC(=O)C(N)Cc3ccc(-n4nnc(C)c4C)cc3)c2=O)cc1. The van der Waals surface area contributed by atoms with Gasteiger partial charge in [-0.1, -0.05) is 29.5 Å². The van der Waals surface area contributed by atoms with E-state index in [1.807, 2.05) is 62.4 Å². The van der Waals surface area contributed by atoms with Gasteiger partial charge in [-0.05, 0) is 84.1 Å². The maximum absolute atomic E-state index is 13.2. The highest BCUT2D eigenvalue weighted by Crippen LogP contribution is 2.22. The third-order valence-electron chi connectivity index (χ3n) is 6.34. The Hall–Kier alpha value is -3.76. The van der Waals surface area contributed by atoms with Gasteiger partial charge in [0.1, 0.15) is 11.4 Å². The van der Waals surface area contributed by atoms with Crippen molar-refractivity contribution < 1.29 is 9.53 Å². The summed E-state index contributed by atoms with van der Waals surface area (Å²) >= 11 is 3.51. The average Bonchev–Trinajstić information content (AvgIpc) is 3.23. The molecule has 0 spiro atoms. The first-order chi connectivity index (χ1) is 17.7. The standard InChI is InChI=1S/C27H29BrN6O3/c1-16-23(28)15-33(14-20-7-11-22(37-4)12-8-20)27(36)25(16)30-26(35)24(29)13-19-5-9-21(10-6-19)34-18(3)17(2)31-32-34/h5-12,15,24H,13-14,29H2,1-4H3,(H,30,35). The number of benzene rings is 2. The number of carbonyl (C=O) groups excluding carboxylic acids is 1. The van der Waals surface area contributed by atoms with Gasteiger partial charge in [0.25, 0.3) is 5.56 Å². The lowest BCUT2D eigenvalue weighted by atomic mass is 10.1. The predicted molar refractivity (Wildman–Crippen MR) is 146 cm³/mol. The summed E-state index contributed by atoms with van der Waals surface area (Å²) in [6.07, 6.45) is 2.03. The number of aromatic nitrogens is 4. The summed E-state index contributed by atoms with van der Waals surface area (Å²) < 4.78 is 9.21. The third-order valence-corrected chi connectivity index (χ3v) is 7.14. The van der Waals surface area contributed by atoms with E-state index in [2.05, 4.69) is 31.6 Å². The number of pyridine rings is 1. The second-order valence-electron chi connectivity index (χ2n) is 8.90. The van der Waals surface area contributed by atoms with Crippen molar-refractivity contribution in [3.63, 3.8) is 0 Å². The van der Waals surface area contributed by atoms with Crippen molar-refractivity contribution in [1.82, 2.24) is 19.6 Å². The Morgan fingerprint density at radius 2 is 1.73 bits per heavy atom. The molecule has 0 fully saturated rings. The van der Waals surface area contributed by atoms with Crippen molar-refractivity contribution in [2.75, 3.05) is 12.4 Å². The molecule has 1 amide bonds. The maximum Gasteiger partial charge on any atom is 0.274 e. The fourth-order valence-electron chi connectivity index (χ4n) is 3.89. The molecule has 1 atom stereocenters. The van der Waals surface area contributed by atoms with E-state index in [1.54, 1.807) is 29.5 Å². The third kappa shape index (κ3) is 5.81. The molecule has 0 saturated carbocycles. The number of nitrogens with two attached hydrogens (primary N) is 1. The summed E-state index contributed by atoms with van der Waals surface area (Å²) in [6.45, 7) is 5.98. The summed E-state index contributed by atoms with van der Waals surface area (Å²) in [4.78, 5) is 26.2. The Morgan fingerprint density at radius 3 is 2.32 bits per heavy atom.